The number of fused-ring (bicyclic) bond motifs is 5. The Kier molecular flexibility index (Phi) is 21.5. The Labute approximate surface area is 458 Å². The van der Waals surface area contributed by atoms with Gasteiger partial charge in [0.25, 0.3) is 0 Å². The van der Waals surface area contributed by atoms with E-state index in [0.717, 1.165) is 98.1 Å². The summed E-state index contributed by atoms with van der Waals surface area (Å²) in [7, 11) is -3.10. The largest absolute Gasteiger partial charge is 0.476 e. The van der Waals surface area contributed by atoms with Gasteiger partial charge in [-0.25, -0.2) is 19.9 Å². The number of hydrogen-bond acceptors (Lipinski definition) is 14. The van der Waals surface area contributed by atoms with Crippen molar-refractivity contribution in [3.8, 4) is 11.8 Å². The third-order valence-corrected chi connectivity index (χ3v) is 18.0. The highest BCUT2D eigenvalue weighted by molar-refractivity contribution is 8.00. The molecule has 5 N–H and O–H groups in total. The first-order valence-electron chi connectivity index (χ1n) is 27.7. The molecule has 14 nitrogen and oxygen atoms in total. The molecule has 0 aliphatic carbocycles. The first kappa shape index (κ1) is 59.9. The maximum absolute atomic E-state index is 12.2. The Balaban J connectivity index is 0.000000154. The molecule has 0 aromatic carbocycles. The number of pyridine rings is 5. The van der Waals surface area contributed by atoms with Gasteiger partial charge in [0.2, 0.25) is 11.8 Å². The first-order chi connectivity index (χ1) is 36.1. The summed E-state index contributed by atoms with van der Waals surface area (Å²) in [5.41, 5.74) is 19.6. The maximum atomic E-state index is 12.2. The molecule has 0 saturated carbocycles. The van der Waals surface area contributed by atoms with Crippen LogP contribution in [0.25, 0.3) is 0 Å². The van der Waals surface area contributed by atoms with E-state index in [4.69, 9.17) is 9.47 Å². The van der Waals surface area contributed by atoms with Crippen LogP contribution in [0.1, 0.15) is 185 Å². The van der Waals surface area contributed by atoms with Gasteiger partial charge in [0.05, 0.1) is 40.2 Å². The monoisotopic (exact) mass is 1080 g/mol. The zero-order valence-electron chi connectivity index (χ0n) is 48.6. The van der Waals surface area contributed by atoms with Crippen molar-refractivity contribution in [1.82, 2.24) is 30.2 Å². The summed E-state index contributed by atoms with van der Waals surface area (Å²) >= 11 is 0. The van der Waals surface area contributed by atoms with Gasteiger partial charge in [-0.15, -0.1) is 0 Å². The van der Waals surface area contributed by atoms with E-state index in [1.807, 2.05) is 24.8 Å². The lowest BCUT2D eigenvalue weighted by atomic mass is 9.97. The van der Waals surface area contributed by atoms with Crippen molar-refractivity contribution < 1.29 is 17.9 Å². The summed E-state index contributed by atoms with van der Waals surface area (Å²) in [4.78, 5) is 22.0. The molecule has 2 unspecified atom stereocenters. The number of ether oxygens (including phenoxy) is 2. The van der Waals surface area contributed by atoms with Crippen molar-refractivity contribution in [3.05, 3.63) is 97.9 Å². The van der Waals surface area contributed by atoms with E-state index in [9.17, 15) is 8.42 Å². The minimum atomic E-state index is -2.18. The second-order valence-corrected chi connectivity index (χ2v) is 26.0. The summed E-state index contributed by atoms with van der Waals surface area (Å²) < 4.78 is 35.2. The van der Waals surface area contributed by atoms with Crippen LogP contribution in [0.4, 0.5) is 22.7 Å². The number of rotatable bonds is 5. The highest BCUT2D eigenvalue weighted by Crippen LogP contribution is 2.35. The molecule has 0 spiro atoms. The smallest absolute Gasteiger partial charge is 0.237 e. The molecule has 16 heteroatoms. The fraction of sp³-hybridized carbons (Fsp3) is 0.567. The van der Waals surface area contributed by atoms with Crippen LogP contribution >= 0.6 is 0 Å². The number of aromatic nitrogens is 5. The number of hydrogen-bond donors (Lipinski definition) is 5. The molecule has 5 aromatic rings. The molecule has 2 atom stereocenters. The summed E-state index contributed by atoms with van der Waals surface area (Å²) in [6, 6.07) is 0. The standard InChI is InChI=1S/C13H20N2.C12H18N2OS.2C12H18N2O.C11H16N2OS/c1-9(2)11-8-15-12-6-4-5-7-14-13(12)10(11)3;1-8(2)10-7-14-12-11(9(10)3)13-5-6-16(12,4)15;1-8(2)10-7-14-12-11(9(10)3)6-13-4-5-15-12;1-8(2)10-7-14-12-11(9(10)3)13-5-4-6-15-12;1-7(2)9-6-13-11-10(8(9)3)12-4-5-15(11)14/h8-9,14H,4-7H2,1-3H3;7-8,13H,4-6H2,1-3H3;2*7-8,13H,4-6H2,1-3H3;6-7,12H,4-5H2,1-3H3. The van der Waals surface area contributed by atoms with E-state index in [0.29, 0.717) is 52.7 Å². The van der Waals surface area contributed by atoms with Crippen LogP contribution in [0.2, 0.25) is 0 Å². The van der Waals surface area contributed by atoms with Gasteiger partial charge in [-0.05, 0) is 151 Å². The first-order valence-corrected chi connectivity index (χ1v) is 31.0. The summed E-state index contributed by atoms with van der Waals surface area (Å²) in [6.07, 6.45) is 14.3. The molecule has 5 aromatic heterocycles. The summed E-state index contributed by atoms with van der Waals surface area (Å²) in [6.45, 7) is 39.2. The van der Waals surface area contributed by atoms with Crippen LogP contribution in [0.5, 0.6) is 11.8 Å². The lowest BCUT2D eigenvalue weighted by Crippen LogP contribution is -2.25. The van der Waals surface area contributed by atoms with Gasteiger partial charge < -0.3 is 36.1 Å². The van der Waals surface area contributed by atoms with Gasteiger partial charge in [0.1, 0.15) is 17.3 Å². The molecule has 0 saturated heterocycles. The topological polar surface area (TPSA) is 177 Å². The summed E-state index contributed by atoms with van der Waals surface area (Å²) in [5.74, 6) is 9.10. The molecular formula is C60H90N10O4S2. The van der Waals surface area contributed by atoms with Gasteiger partial charge >= 0.3 is 0 Å². The van der Waals surface area contributed by atoms with E-state index in [1.165, 1.54) is 79.9 Å². The number of anilines is 4. The Hall–Kier alpha value is -5.32. The quantitative estimate of drug-likeness (QED) is 0.105. The Bertz CT molecular complexity index is 2750. The zero-order chi connectivity index (χ0) is 55.4. The van der Waals surface area contributed by atoms with Gasteiger partial charge in [-0.2, -0.15) is 0 Å². The second kappa shape index (κ2) is 27.3. The van der Waals surface area contributed by atoms with Crippen molar-refractivity contribution in [1.29, 1.82) is 0 Å². The highest BCUT2D eigenvalue weighted by Gasteiger charge is 2.25. The van der Waals surface area contributed by atoms with Crippen LogP contribution in [-0.2, 0) is 33.3 Å². The van der Waals surface area contributed by atoms with Crippen molar-refractivity contribution in [2.24, 2.45) is 0 Å². The second-order valence-electron chi connectivity index (χ2n) is 22.1. The average Bonchev–Trinajstić information content (AvgIpc) is 3.90. The molecule has 5 aliphatic rings. The van der Waals surface area contributed by atoms with Crippen LogP contribution in [0.15, 0.2) is 41.0 Å². The van der Waals surface area contributed by atoms with Crippen molar-refractivity contribution >= 4 is 48.9 Å². The highest BCUT2D eigenvalue weighted by atomic mass is 32.2. The van der Waals surface area contributed by atoms with Crippen LogP contribution in [0, 0.1) is 34.6 Å². The van der Waals surface area contributed by atoms with Gasteiger partial charge in [-0.3, -0.25) is 13.4 Å². The van der Waals surface area contributed by atoms with Crippen LogP contribution in [-0.4, -0.2) is 96.7 Å². The van der Waals surface area contributed by atoms with Gasteiger partial charge in [0.15, 0.2) is 5.03 Å². The van der Waals surface area contributed by atoms with Crippen LogP contribution in [0.3, 0.4) is 0 Å². The molecule has 76 heavy (non-hydrogen) atoms. The molecule has 0 radical (unpaired) electrons. The minimum absolute atomic E-state index is 0.433. The van der Waals surface area contributed by atoms with Crippen LogP contribution < -0.4 is 36.1 Å². The maximum Gasteiger partial charge on any atom is 0.237 e. The Morgan fingerprint density at radius 2 is 1.01 bits per heavy atom. The summed E-state index contributed by atoms with van der Waals surface area (Å²) in [5, 5.41) is 18.3. The third kappa shape index (κ3) is 14.6. The molecule has 0 amide bonds. The van der Waals surface area contributed by atoms with E-state index in [-0.39, 0.29) is 0 Å². The number of nitrogens with zero attached hydrogens (tertiary/aromatic N) is 5. The van der Waals surface area contributed by atoms with E-state index >= 15 is 0 Å². The van der Waals surface area contributed by atoms with E-state index in [2.05, 4.69) is 167 Å². The molecular weight excluding hydrogens is 989 g/mol. The van der Waals surface area contributed by atoms with Crippen molar-refractivity contribution in [3.63, 3.8) is 0 Å². The predicted octanol–water partition coefficient (Wildman–Crippen LogP) is 12.0. The van der Waals surface area contributed by atoms with Crippen molar-refractivity contribution in [2.45, 2.75) is 176 Å². The molecule has 10 heterocycles. The normalized spacial score (nSPS) is 18.2. The molecule has 0 bridgehead atoms. The lowest BCUT2D eigenvalue weighted by molar-refractivity contribution is 0.311. The zero-order valence-corrected chi connectivity index (χ0v) is 50.2. The number of aryl methyl sites for hydroxylation is 1. The fourth-order valence-corrected chi connectivity index (χ4v) is 12.8. The fourth-order valence-electron chi connectivity index (χ4n) is 10.3. The third-order valence-electron chi connectivity index (χ3n) is 14.8. The molecule has 0 fully saturated rings. The Morgan fingerprint density at radius 1 is 0.526 bits per heavy atom. The number of nitrogens with one attached hydrogen (secondary N) is 5. The van der Waals surface area contributed by atoms with Gasteiger partial charge in [0, 0.05) is 96.8 Å². The SMILES string of the molecule is C=S1(=O)CCNc2c1ncc(C(C)C)c2C.Cc1c(C(C)C)cnc2c1CNCCO2.Cc1c(C(C)C)cnc2c1NCCCC2.Cc1c(C(C)C)cnc2c1NCCCO2.Cc1c(C(C)C)cnc2c1NCCS2=O. The lowest BCUT2D eigenvalue weighted by Gasteiger charge is -2.24. The molecule has 10 rings (SSSR count). The minimum Gasteiger partial charge on any atom is -0.476 e. The Morgan fingerprint density at radius 3 is 1.66 bits per heavy atom. The van der Waals surface area contributed by atoms with E-state index < -0.39 is 20.3 Å². The average molecular weight is 1080 g/mol. The van der Waals surface area contributed by atoms with E-state index in [1.54, 1.807) is 0 Å². The molecule has 416 valence electrons. The molecule has 5 aliphatic heterocycles. The predicted molar refractivity (Wildman–Crippen MR) is 319 cm³/mol. The van der Waals surface area contributed by atoms with Crippen molar-refractivity contribution in [2.75, 3.05) is 78.7 Å². The van der Waals surface area contributed by atoms with Gasteiger partial charge in [-0.1, -0.05) is 69.2 Å².